The highest BCUT2D eigenvalue weighted by Crippen LogP contribution is 2.28. The third-order valence-corrected chi connectivity index (χ3v) is 4.04. The summed E-state index contributed by atoms with van der Waals surface area (Å²) in [6.45, 7) is 14.3. The molecular formula is C15H28N2O2. The summed E-state index contributed by atoms with van der Waals surface area (Å²) in [5.74, 6) is 0.402. The molecule has 0 bridgehead atoms. The first-order valence-electron chi connectivity index (χ1n) is 7.18. The van der Waals surface area contributed by atoms with Gasteiger partial charge in [-0.1, -0.05) is 34.6 Å². The van der Waals surface area contributed by atoms with Crippen LogP contribution in [-0.2, 0) is 9.59 Å². The van der Waals surface area contributed by atoms with Crippen molar-refractivity contribution >= 4 is 11.8 Å². The molecule has 0 aromatic carbocycles. The summed E-state index contributed by atoms with van der Waals surface area (Å²) < 4.78 is 0. The van der Waals surface area contributed by atoms with E-state index in [0.29, 0.717) is 12.3 Å². The summed E-state index contributed by atoms with van der Waals surface area (Å²) >= 11 is 0. The highest BCUT2D eigenvalue weighted by Gasteiger charge is 2.43. The zero-order valence-corrected chi connectivity index (χ0v) is 13.3. The van der Waals surface area contributed by atoms with Crippen LogP contribution in [0.5, 0.6) is 0 Å². The van der Waals surface area contributed by atoms with Crippen LogP contribution in [0.15, 0.2) is 0 Å². The number of nitrogens with one attached hydrogen (secondary N) is 1. The average molecular weight is 268 g/mol. The molecule has 1 heterocycles. The van der Waals surface area contributed by atoms with Gasteiger partial charge in [0, 0.05) is 6.04 Å². The summed E-state index contributed by atoms with van der Waals surface area (Å²) in [6, 6.07) is -0.714. The molecular weight excluding hydrogens is 240 g/mol. The summed E-state index contributed by atoms with van der Waals surface area (Å²) in [7, 11) is 0. The molecule has 4 nitrogen and oxygen atoms in total. The van der Waals surface area contributed by atoms with Crippen molar-refractivity contribution in [3.05, 3.63) is 0 Å². The molecule has 1 fully saturated rings. The number of hydrogen-bond acceptors (Lipinski definition) is 2. The number of rotatable bonds is 3. The Kier molecular flexibility index (Phi) is 4.64. The minimum atomic E-state index is -0.384. The molecule has 3 atom stereocenters. The summed E-state index contributed by atoms with van der Waals surface area (Å²) in [5.41, 5.74) is -0.0378. The van der Waals surface area contributed by atoms with E-state index in [0.717, 1.165) is 0 Å². The van der Waals surface area contributed by atoms with E-state index in [9.17, 15) is 9.59 Å². The average Bonchev–Trinajstić information content (AvgIpc) is 2.24. The van der Waals surface area contributed by atoms with Gasteiger partial charge in [-0.2, -0.15) is 0 Å². The topological polar surface area (TPSA) is 49.4 Å². The number of carbonyl (C=O) groups excluding carboxylic acids is 2. The maximum atomic E-state index is 12.6. The van der Waals surface area contributed by atoms with Gasteiger partial charge in [0.2, 0.25) is 11.8 Å². The summed E-state index contributed by atoms with van der Waals surface area (Å²) in [5, 5.41) is 2.85. The predicted molar refractivity (Wildman–Crippen MR) is 76.6 cm³/mol. The first-order chi connectivity index (χ1) is 8.55. The Balaban J connectivity index is 2.99. The fraction of sp³-hybridized carbons (Fsp3) is 0.867. The Morgan fingerprint density at radius 1 is 1.21 bits per heavy atom. The molecule has 1 rings (SSSR count). The lowest BCUT2D eigenvalue weighted by Gasteiger charge is -2.45. The van der Waals surface area contributed by atoms with Crippen molar-refractivity contribution in [1.82, 2.24) is 10.2 Å². The van der Waals surface area contributed by atoms with E-state index in [1.807, 2.05) is 6.92 Å². The standard InChI is InChI=1S/C15H28N2O2/c1-9(2)8-12-14(19)17(10(3)13(18)16-12)11(4)15(5,6)7/h9-12H,8H2,1-7H3,(H,16,18). The second-order valence-electron chi connectivity index (χ2n) is 7.15. The fourth-order valence-electron chi connectivity index (χ4n) is 2.43. The summed E-state index contributed by atoms with van der Waals surface area (Å²) in [4.78, 5) is 26.5. The zero-order chi connectivity index (χ0) is 15.0. The maximum Gasteiger partial charge on any atom is 0.246 e. The van der Waals surface area contributed by atoms with Gasteiger partial charge in [0.05, 0.1) is 0 Å². The molecule has 1 aliphatic heterocycles. The van der Waals surface area contributed by atoms with Crippen LogP contribution < -0.4 is 5.32 Å². The molecule has 0 radical (unpaired) electrons. The number of nitrogens with zero attached hydrogens (tertiary/aromatic N) is 1. The van der Waals surface area contributed by atoms with Crippen molar-refractivity contribution in [3.63, 3.8) is 0 Å². The van der Waals surface area contributed by atoms with Crippen LogP contribution in [0.25, 0.3) is 0 Å². The second-order valence-corrected chi connectivity index (χ2v) is 7.15. The van der Waals surface area contributed by atoms with Gasteiger partial charge >= 0.3 is 0 Å². The third-order valence-electron chi connectivity index (χ3n) is 4.04. The van der Waals surface area contributed by atoms with E-state index in [-0.39, 0.29) is 35.4 Å². The van der Waals surface area contributed by atoms with Gasteiger partial charge in [-0.25, -0.2) is 0 Å². The molecule has 1 saturated heterocycles. The zero-order valence-electron chi connectivity index (χ0n) is 13.3. The number of carbonyl (C=O) groups is 2. The van der Waals surface area contributed by atoms with Crippen molar-refractivity contribution in [1.29, 1.82) is 0 Å². The minimum absolute atomic E-state index is 0.0377. The second kappa shape index (κ2) is 5.51. The maximum absolute atomic E-state index is 12.6. The monoisotopic (exact) mass is 268 g/mol. The van der Waals surface area contributed by atoms with Crippen LogP contribution in [0.2, 0.25) is 0 Å². The predicted octanol–water partition coefficient (Wildman–Crippen LogP) is 2.18. The van der Waals surface area contributed by atoms with E-state index >= 15 is 0 Å². The van der Waals surface area contributed by atoms with Crippen molar-refractivity contribution in [3.8, 4) is 0 Å². The quantitative estimate of drug-likeness (QED) is 0.853. The molecule has 0 spiro atoms. The van der Waals surface area contributed by atoms with Crippen molar-refractivity contribution in [2.45, 2.75) is 73.0 Å². The molecule has 19 heavy (non-hydrogen) atoms. The molecule has 2 amide bonds. The third kappa shape index (κ3) is 3.48. The van der Waals surface area contributed by atoms with E-state index in [1.165, 1.54) is 0 Å². The first-order valence-corrected chi connectivity index (χ1v) is 7.18. The molecule has 4 heteroatoms. The smallest absolute Gasteiger partial charge is 0.246 e. The number of hydrogen-bond donors (Lipinski definition) is 1. The minimum Gasteiger partial charge on any atom is -0.343 e. The summed E-state index contributed by atoms with van der Waals surface area (Å²) in [6.07, 6.45) is 0.699. The molecule has 1 N–H and O–H groups in total. The van der Waals surface area contributed by atoms with Crippen LogP contribution >= 0.6 is 0 Å². The van der Waals surface area contributed by atoms with E-state index in [2.05, 4.69) is 39.9 Å². The largest absolute Gasteiger partial charge is 0.343 e. The molecule has 0 saturated carbocycles. The number of amides is 2. The number of piperazine rings is 1. The van der Waals surface area contributed by atoms with Crippen LogP contribution in [0.4, 0.5) is 0 Å². The van der Waals surface area contributed by atoms with E-state index in [1.54, 1.807) is 11.8 Å². The van der Waals surface area contributed by atoms with Crippen molar-refractivity contribution in [2.24, 2.45) is 11.3 Å². The van der Waals surface area contributed by atoms with Crippen LogP contribution in [0, 0.1) is 11.3 Å². The Hall–Kier alpha value is -1.06. The highest BCUT2D eigenvalue weighted by atomic mass is 16.2. The lowest BCUT2D eigenvalue weighted by molar-refractivity contribution is -0.154. The van der Waals surface area contributed by atoms with Gasteiger partial charge in [-0.05, 0) is 31.6 Å². The van der Waals surface area contributed by atoms with Gasteiger partial charge in [0.25, 0.3) is 0 Å². The lowest BCUT2D eigenvalue weighted by Crippen LogP contribution is -2.66. The Bertz CT molecular complexity index is 358. The van der Waals surface area contributed by atoms with Gasteiger partial charge in [0.15, 0.2) is 0 Å². The molecule has 0 aliphatic carbocycles. The van der Waals surface area contributed by atoms with Crippen LogP contribution in [-0.4, -0.2) is 34.8 Å². The van der Waals surface area contributed by atoms with Crippen LogP contribution in [0.1, 0.15) is 54.9 Å². The Morgan fingerprint density at radius 2 is 1.74 bits per heavy atom. The molecule has 110 valence electrons. The Morgan fingerprint density at radius 3 is 2.16 bits per heavy atom. The highest BCUT2D eigenvalue weighted by molar-refractivity contribution is 5.96. The normalized spacial score (nSPS) is 26.6. The van der Waals surface area contributed by atoms with Gasteiger partial charge < -0.3 is 10.2 Å². The van der Waals surface area contributed by atoms with E-state index < -0.39 is 0 Å². The SMILES string of the molecule is CC(C)CC1NC(=O)C(C)N(C(C)C(C)(C)C)C1=O. The van der Waals surface area contributed by atoms with Gasteiger partial charge in [-0.15, -0.1) is 0 Å². The van der Waals surface area contributed by atoms with Crippen molar-refractivity contribution < 1.29 is 9.59 Å². The van der Waals surface area contributed by atoms with Gasteiger partial charge in [0.1, 0.15) is 12.1 Å². The van der Waals surface area contributed by atoms with Crippen LogP contribution in [0.3, 0.4) is 0 Å². The molecule has 0 aromatic rings. The van der Waals surface area contributed by atoms with Crippen molar-refractivity contribution in [2.75, 3.05) is 0 Å². The first kappa shape index (κ1) is 16.0. The molecule has 3 unspecified atom stereocenters. The molecule has 1 aliphatic rings. The fourth-order valence-corrected chi connectivity index (χ4v) is 2.43. The van der Waals surface area contributed by atoms with Gasteiger partial charge in [-0.3, -0.25) is 9.59 Å². The van der Waals surface area contributed by atoms with E-state index in [4.69, 9.17) is 0 Å². The lowest BCUT2D eigenvalue weighted by atomic mass is 9.84. The molecule has 0 aromatic heterocycles. The Labute approximate surface area is 116 Å².